The molecule has 6 heterocycles. The summed E-state index contributed by atoms with van der Waals surface area (Å²) in [6.07, 6.45) is 10.3. The van der Waals surface area contributed by atoms with Gasteiger partial charge in [-0.05, 0) is 44.6 Å². The number of aliphatic hydroxyl groups excluding tert-OH is 2. The topological polar surface area (TPSA) is 229 Å². The van der Waals surface area contributed by atoms with E-state index < -0.39 is 95.2 Å². The molecule has 0 aromatic heterocycles. The third kappa shape index (κ3) is 11.6. The Bertz CT molecular complexity index is 2570. The second-order valence-electron chi connectivity index (χ2n) is 23.3. The number of carbonyl (C=O) groups is 5. The maximum Gasteiger partial charge on any atom is 0.315 e. The molecule has 2 amide bonds. The van der Waals surface area contributed by atoms with Gasteiger partial charge in [0.15, 0.2) is 0 Å². The molecule has 2 saturated heterocycles. The zero-order valence-electron chi connectivity index (χ0n) is 46.3. The van der Waals surface area contributed by atoms with Crippen molar-refractivity contribution in [3.63, 3.8) is 0 Å². The van der Waals surface area contributed by atoms with E-state index in [2.05, 4.69) is 34.3 Å². The number of nitrogens with zero attached hydrogens (tertiary/aromatic N) is 4. The molecule has 3 fully saturated rings. The Morgan fingerprint density at radius 2 is 1.55 bits per heavy atom. The van der Waals surface area contributed by atoms with Crippen molar-refractivity contribution in [2.45, 2.75) is 150 Å². The molecule has 2 aliphatic carbocycles. The SMILES string of the molecule is CO[C@H]1/C=C/O[C@@]2(C)Oc3c(C)c(O)c4c(c3C2=O)C2=NC3(CCN(CC(C)C)CC3)NC2=C(NC(=O)/C(C)=C\C=C\[C@H](C)[C@H](O)[C@@H](C)[C@@H](O)[C@@H](C)[C@H](OC(=O)CC(=O)N2CCN(CC3CCCCC3)CC2)[C@@H]1C)C4=O. The van der Waals surface area contributed by atoms with Crippen LogP contribution < -0.4 is 15.4 Å². The monoisotopic (exact) mass is 1050 g/mol. The Morgan fingerprint density at radius 1 is 0.868 bits per heavy atom. The number of hydrogen-bond acceptors (Lipinski definition) is 16. The molecule has 0 radical (unpaired) electrons. The van der Waals surface area contributed by atoms with E-state index >= 15 is 0 Å². The molecule has 5 bridgehead atoms. The number of rotatable bonds is 8. The number of aliphatic imine (C=N–C) groups is 1. The summed E-state index contributed by atoms with van der Waals surface area (Å²) in [7, 11) is 1.46. The first-order chi connectivity index (χ1) is 36.1. The summed E-state index contributed by atoms with van der Waals surface area (Å²) in [5, 5.41) is 42.0. The van der Waals surface area contributed by atoms with Crippen LogP contribution in [-0.2, 0) is 28.6 Å². The van der Waals surface area contributed by atoms with Gasteiger partial charge >= 0.3 is 11.8 Å². The number of fused-ring (bicyclic) bond motifs is 13. The van der Waals surface area contributed by atoms with Crippen LogP contribution in [0.1, 0.15) is 139 Å². The zero-order valence-corrected chi connectivity index (χ0v) is 46.3. The van der Waals surface area contributed by atoms with E-state index in [0.717, 1.165) is 26.2 Å². The van der Waals surface area contributed by atoms with Gasteiger partial charge in [0.05, 0.1) is 47.1 Å². The number of nitrogens with one attached hydrogen (secondary N) is 2. The Hall–Kier alpha value is -5.40. The first-order valence-electron chi connectivity index (χ1n) is 27.7. The fraction of sp³-hybridized carbons (Fsp3) is 0.655. The maximum absolute atomic E-state index is 15.0. The highest BCUT2D eigenvalue weighted by molar-refractivity contribution is 6.34. The van der Waals surface area contributed by atoms with Crippen molar-refractivity contribution in [2.75, 3.05) is 59.5 Å². The van der Waals surface area contributed by atoms with Gasteiger partial charge in [-0.1, -0.05) is 79.0 Å². The third-order valence-electron chi connectivity index (χ3n) is 17.2. The number of phenols is 1. The number of phenolic OH excluding ortho intramolecular Hbond substituents is 1. The molecular weight excluding hydrogens is 973 g/mol. The summed E-state index contributed by atoms with van der Waals surface area (Å²) >= 11 is 0. The van der Waals surface area contributed by atoms with E-state index in [0.29, 0.717) is 50.9 Å². The maximum atomic E-state index is 15.0. The standard InChI is InChI=1S/C58H82N6O12/c1-32(2)30-62-22-20-58(21-23-62)60-46-43-44-51(69)38(8)54-45(43)55(71)57(9,76-54)74-28-19-40(73-10)35(5)53(75-42(66)29-41(65)64-26-24-63(25-27-64)31-39-17-12-11-13-18-39)37(7)50(68)36(6)49(67)33(3)15-14-16-34(4)56(72)59-48(52(44)70)47(46)61-58/h14-16,19,28,32-33,35-37,39-40,49-50,53,61,67-69H,11-13,17-18,20-27,29-31H2,1-10H3,(H,59,72)/b15-14+,28-19+,34-16-/t33-,35+,36+,37+,40-,49-,50+,53+,57-/m0/s1. The molecule has 5 N–H and O–H groups in total. The van der Waals surface area contributed by atoms with Gasteiger partial charge in [0.1, 0.15) is 35.4 Å². The molecule has 8 aliphatic rings. The number of allylic oxidation sites excluding steroid dienone is 4. The Balaban J connectivity index is 1.11. The predicted molar refractivity (Wildman–Crippen MR) is 285 cm³/mol. The van der Waals surface area contributed by atoms with Crippen LogP contribution in [0.25, 0.3) is 0 Å². The van der Waals surface area contributed by atoms with Crippen molar-refractivity contribution in [3.8, 4) is 11.5 Å². The number of Topliss-reactive ketones (excluding diaryl/α,β-unsaturated/α-hetero) is 2. The number of piperidine rings is 1. The lowest BCUT2D eigenvalue weighted by atomic mass is 9.78. The fourth-order valence-corrected chi connectivity index (χ4v) is 12.4. The molecule has 1 spiro atoms. The Labute approximate surface area is 448 Å². The van der Waals surface area contributed by atoms with Gasteiger partial charge in [-0.15, -0.1) is 0 Å². The smallest absolute Gasteiger partial charge is 0.315 e. The van der Waals surface area contributed by atoms with Crippen LogP contribution in [-0.4, -0.2) is 160 Å². The van der Waals surface area contributed by atoms with Crippen molar-refractivity contribution < 1.29 is 58.2 Å². The molecule has 9 rings (SSSR count). The first kappa shape index (κ1) is 56.8. The third-order valence-corrected chi connectivity index (χ3v) is 17.2. The van der Waals surface area contributed by atoms with Crippen LogP contribution in [0.3, 0.4) is 0 Å². The Kier molecular flexibility index (Phi) is 17.4. The molecule has 18 heteroatoms. The van der Waals surface area contributed by atoms with Gasteiger partial charge < -0.3 is 54.7 Å². The van der Waals surface area contributed by atoms with Crippen molar-refractivity contribution in [2.24, 2.45) is 40.5 Å². The summed E-state index contributed by atoms with van der Waals surface area (Å²) < 4.78 is 24.8. The number of ketones is 2. The summed E-state index contributed by atoms with van der Waals surface area (Å²) in [5.41, 5.74) is -0.349. The summed E-state index contributed by atoms with van der Waals surface area (Å²) in [4.78, 5) is 83.2. The normalized spacial score (nSPS) is 32.4. The minimum Gasteiger partial charge on any atom is -0.507 e. The van der Waals surface area contributed by atoms with Gasteiger partial charge in [-0.25, -0.2) is 0 Å². The number of methoxy groups -OCH3 is 1. The lowest BCUT2D eigenvalue weighted by Gasteiger charge is -2.38. The molecule has 9 atom stereocenters. The second kappa shape index (κ2) is 23.3. The minimum atomic E-state index is -2.02. The Morgan fingerprint density at radius 3 is 2.21 bits per heavy atom. The first-order valence-corrected chi connectivity index (χ1v) is 27.7. The van der Waals surface area contributed by atoms with Crippen molar-refractivity contribution in [1.29, 1.82) is 0 Å². The molecule has 0 unspecified atom stereocenters. The van der Waals surface area contributed by atoms with E-state index in [1.165, 1.54) is 65.4 Å². The van der Waals surface area contributed by atoms with Crippen LogP contribution in [0.15, 0.2) is 52.5 Å². The number of amides is 2. The van der Waals surface area contributed by atoms with Gasteiger partial charge in [-0.2, -0.15) is 0 Å². The molecule has 416 valence electrons. The van der Waals surface area contributed by atoms with E-state index in [9.17, 15) is 39.3 Å². The number of ether oxygens (including phenoxy) is 4. The van der Waals surface area contributed by atoms with E-state index in [4.69, 9.17) is 23.9 Å². The number of hydrogen-bond donors (Lipinski definition) is 5. The highest BCUT2D eigenvalue weighted by Gasteiger charge is 2.54. The predicted octanol–water partition coefficient (Wildman–Crippen LogP) is 5.71. The van der Waals surface area contributed by atoms with Crippen LogP contribution >= 0.6 is 0 Å². The molecule has 6 aliphatic heterocycles. The van der Waals surface area contributed by atoms with Gasteiger partial charge in [0.25, 0.3) is 11.7 Å². The average Bonchev–Trinajstić information content (AvgIpc) is 4.01. The molecular formula is C58H82N6O12. The number of likely N-dealkylation sites (tertiary alicyclic amines) is 1. The van der Waals surface area contributed by atoms with Crippen LogP contribution in [0, 0.1) is 42.4 Å². The van der Waals surface area contributed by atoms with Gasteiger partial charge in [0, 0.05) is 120 Å². The van der Waals surface area contributed by atoms with Crippen molar-refractivity contribution in [1.82, 2.24) is 25.3 Å². The van der Waals surface area contributed by atoms with Crippen molar-refractivity contribution >= 4 is 35.1 Å². The lowest BCUT2D eigenvalue weighted by Crippen LogP contribution is -2.50. The minimum absolute atomic E-state index is 0.00399. The largest absolute Gasteiger partial charge is 0.507 e. The number of esters is 1. The van der Waals surface area contributed by atoms with Crippen LogP contribution in [0.5, 0.6) is 11.5 Å². The summed E-state index contributed by atoms with van der Waals surface area (Å²) in [5.74, 6) is -7.23. The molecule has 1 saturated carbocycles. The molecule has 1 aromatic rings. The number of piperazine rings is 1. The summed E-state index contributed by atoms with van der Waals surface area (Å²) in [6.45, 7) is 21.7. The van der Waals surface area contributed by atoms with E-state index in [-0.39, 0.29) is 56.6 Å². The van der Waals surface area contributed by atoms with Crippen LogP contribution in [0.2, 0.25) is 0 Å². The lowest BCUT2D eigenvalue weighted by molar-refractivity contribution is -0.165. The van der Waals surface area contributed by atoms with Crippen molar-refractivity contribution in [3.05, 3.63) is 69.8 Å². The van der Waals surface area contributed by atoms with Gasteiger partial charge in [0.2, 0.25) is 11.7 Å². The average molecular weight is 1060 g/mol. The van der Waals surface area contributed by atoms with Crippen LogP contribution in [0.4, 0.5) is 0 Å². The van der Waals surface area contributed by atoms with E-state index in [1.54, 1.807) is 57.7 Å². The molecule has 1 aromatic carbocycles. The number of aromatic hydroxyl groups is 1. The zero-order chi connectivity index (χ0) is 55.0. The second-order valence-corrected chi connectivity index (χ2v) is 23.3. The number of benzene rings is 1. The van der Waals surface area contributed by atoms with Gasteiger partial charge in [-0.3, -0.25) is 33.9 Å². The highest BCUT2D eigenvalue weighted by atomic mass is 16.7. The number of carbonyl (C=O) groups excluding carboxylic acids is 5. The molecule has 76 heavy (non-hydrogen) atoms. The van der Waals surface area contributed by atoms with E-state index in [1.807, 2.05) is 0 Å². The summed E-state index contributed by atoms with van der Waals surface area (Å²) in [6, 6.07) is 0. The fourth-order valence-electron chi connectivity index (χ4n) is 12.4. The number of aliphatic hydroxyl groups is 2. The quantitative estimate of drug-likeness (QED) is 0.155. The highest BCUT2D eigenvalue weighted by Crippen LogP contribution is 2.50. The molecule has 18 nitrogen and oxygen atoms in total.